The van der Waals surface area contributed by atoms with Crippen molar-refractivity contribution in [1.82, 2.24) is 24.5 Å². The maximum Gasteiger partial charge on any atom is 0.210 e. The molecule has 1 aromatic carbocycles. The summed E-state index contributed by atoms with van der Waals surface area (Å²) in [4.78, 5) is 23.0. The quantitative estimate of drug-likeness (QED) is 0.415. The molecule has 0 spiro atoms. The van der Waals surface area contributed by atoms with Crippen LogP contribution in [0.5, 0.6) is 0 Å². The smallest absolute Gasteiger partial charge is 0.210 e. The second kappa shape index (κ2) is 8.41. The highest BCUT2D eigenvalue weighted by Gasteiger charge is 2.42. The number of fused-ring (bicyclic) bond motifs is 3. The number of carbonyl (C=O) groups is 1. The number of nitrogen functional groups attached to an aromatic ring is 1. The molecule has 0 unspecified atom stereocenters. The Kier molecular flexibility index (Phi) is 5.29. The lowest BCUT2D eigenvalue weighted by molar-refractivity contribution is -0.122. The number of piperidine rings is 1. The zero-order valence-corrected chi connectivity index (χ0v) is 20.6. The molecule has 1 amide bonds. The average molecular weight is 503 g/mol. The van der Waals surface area contributed by atoms with Crippen molar-refractivity contribution in [2.24, 2.45) is 0 Å². The monoisotopic (exact) mass is 502 g/mol. The van der Waals surface area contributed by atoms with E-state index in [9.17, 15) is 13.2 Å². The van der Waals surface area contributed by atoms with Gasteiger partial charge in [-0.25, -0.2) is 13.4 Å². The minimum Gasteiger partial charge on any atom is -0.382 e. The number of aromatic nitrogens is 4. The van der Waals surface area contributed by atoms with Crippen molar-refractivity contribution < 1.29 is 13.2 Å². The fourth-order valence-corrected chi connectivity index (χ4v) is 6.88. The van der Waals surface area contributed by atoms with E-state index < -0.39 is 9.84 Å². The minimum absolute atomic E-state index is 0.0335. The lowest BCUT2D eigenvalue weighted by atomic mass is 9.88. The fourth-order valence-electron chi connectivity index (χ4n) is 5.82. The lowest BCUT2D eigenvalue weighted by Gasteiger charge is -2.36. The highest BCUT2D eigenvalue weighted by atomic mass is 32.2. The molecule has 36 heavy (non-hydrogen) atoms. The number of anilines is 1. The van der Waals surface area contributed by atoms with Gasteiger partial charge in [-0.3, -0.25) is 9.78 Å². The molecule has 4 aromatic rings. The molecular weight excluding hydrogens is 476 g/mol. The normalized spacial score (nSPS) is 21.7. The molecule has 2 bridgehead atoms. The van der Waals surface area contributed by atoms with Gasteiger partial charge in [0, 0.05) is 47.1 Å². The number of rotatable bonds is 5. The Morgan fingerprint density at radius 3 is 2.33 bits per heavy atom. The largest absolute Gasteiger partial charge is 0.382 e. The van der Waals surface area contributed by atoms with Crippen molar-refractivity contribution in [2.45, 2.75) is 48.6 Å². The van der Waals surface area contributed by atoms with Gasteiger partial charge in [0.05, 0.1) is 17.6 Å². The molecule has 0 radical (unpaired) electrons. The molecule has 2 saturated heterocycles. The van der Waals surface area contributed by atoms with Crippen molar-refractivity contribution in [2.75, 3.05) is 12.0 Å². The van der Waals surface area contributed by atoms with E-state index in [1.807, 2.05) is 47.4 Å². The Balaban J connectivity index is 1.46. The molecule has 5 heterocycles. The van der Waals surface area contributed by atoms with Gasteiger partial charge in [-0.2, -0.15) is 9.61 Å². The van der Waals surface area contributed by atoms with Gasteiger partial charge < -0.3 is 10.6 Å². The van der Waals surface area contributed by atoms with Crippen LogP contribution >= 0.6 is 0 Å². The van der Waals surface area contributed by atoms with E-state index in [0.29, 0.717) is 24.2 Å². The number of sulfone groups is 1. The Labute approximate surface area is 208 Å². The molecule has 3 atom stereocenters. The summed E-state index contributed by atoms with van der Waals surface area (Å²) in [5, 5.41) is 4.39. The summed E-state index contributed by atoms with van der Waals surface area (Å²) in [5.74, 6) is -0.0557. The SMILES string of the molecule is CS(=O)(=O)c1c([C@@H]2C[C@H]3CC[C@@H](C2)N3C=O)nc2c(-c3ccc(-c4ccccc4)nc3)cnn2c1N. The maximum absolute atomic E-state index is 12.9. The minimum atomic E-state index is -3.67. The number of nitrogens with two attached hydrogens (primary N) is 1. The van der Waals surface area contributed by atoms with Crippen molar-refractivity contribution in [3.63, 3.8) is 0 Å². The number of nitrogens with zero attached hydrogens (tertiary/aromatic N) is 5. The summed E-state index contributed by atoms with van der Waals surface area (Å²) in [6, 6.07) is 14.0. The first kappa shape index (κ1) is 22.7. The third-order valence-electron chi connectivity index (χ3n) is 7.48. The standard InChI is InChI=1S/C26H26N6O3S/c1-36(34,35)24-23(18-11-19-8-9-20(12-18)31(19)15-33)30-26-21(14-29-32(26)25(24)27)17-7-10-22(28-13-17)16-5-3-2-4-6-16/h2-7,10,13-15,18-20H,8-9,11-12,27H2,1H3/t18-,19-,20+. The predicted octanol–water partition coefficient (Wildman–Crippen LogP) is 3.31. The molecule has 184 valence electrons. The van der Waals surface area contributed by atoms with Crippen molar-refractivity contribution in [3.05, 3.63) is 60.6 Å². The molecule has 6 rings (SSSR count). The van der Waals surface area contributed by atoms with Crippen molar-refractivity contribution >= 4 is 27.7 Å². The van der Waals surface area contributed by atoms with E-state index in [0.717, 1.165) is 47.9 Å². The molecule has 10 heteroatoms. The molecule has 2 aliphatic rings. The van der Waals surface area contributed by atoms with Gasteiger partial charge in [0.2, 0.25) is 6.41 Å². The number of pyridine rings is 1. The highest BCUT2D eigenvalue weighted by molar-refractivity contribution is 7.91. The Hall–Kier alpha value is -3.79. The van der Waals surface area contributed by atoms with Crippen LogP contribution in [0, 0.1) is 0 Å². The number of benzene rings is 1. The van der Waals surface area contributed by atoms with Crippen LogP contribution in [0.15, 0.2) is 59.8 Å². The predicted molar refractivity (Wildman–Crippen MR) is 136 cm³/mol. The van der Waals surface area contributed by atoms with E-state index in [2.05, 4.69) is 10.1 Å². The molecule has 0 aliphatic carbocycles. The van der Waals surface area contributed by atoms with Gasteiger partial charge in [-0.15, -0.1) is 0 Å². The molecule has 3 aromatic heterocycles. The summed E-state index contributed by atoms with van der Waals surface area (Å²) in [7, 11) is -3.67. The summed E-state index contributed by atoms with van der Waals surface area (Å²) in [5.41, 5.74) is 10.8. The zero-order chi connectivity index (χ0) is 25.0. The number of carbonyl (C=O) groups excluding carboxylic acids is 1. The maximum atomic E-state index is 12.9. The molecule has 9 nitrogen and oxygen atoms in total. The van der Waals surface area contributed by atoms with Crippen LogP contribution in [-0.4, -0.2) is 57.6 Å². The third-order valence-corrected chi connectivity index (χ3v) is 8.64. The van der Waals surface area contributed by atoms with E-state index in [4.69, 9.17) is 10.7 Å². The van der Waals surface area contributed by atoms with Crippen LogP contribution in [-0.2, 0) is 14.6 Å². The summed E-state index contributed by atoms with van der Waals surface area (Å²) < 4.78 is 27.1. The van der Waals surface area contributed by atoms with E-state index in [1.54, 1.807) is 12.4 Å². The van der Waals surface area contributed by atoms with Gasteiger partial charge in [-0.05, 0) is 31.7 Å². The lowest BCUT2D eigenvalue weighted by Crippen LogP contribution is -2.41. The zero-order valence-electron chi connectivity index (χ0n) is 19.8. The second-order valence-corrected chi connectivity index (χ2v) is 11.6. The van der Waals surface area contributed by atoms with Crippen LogP contribution in [0.1, 0.15) is 37.3 Å². The molecular formula is C26H26N6O3S. The van der Waals surface area contributed by atoms with Crippen LogP contribution in [0.3, 0.4) is 0 Å². The summed E-state index contributed by atoms with van der Waals surface area (Å²) >= 11 is 0. The first-order valence-electron chi connectivity index (χ1n) is 12.0. The van der Waals surface area contributed by atoms with Crippen molar-refractivity contribution in [3.8, 4) is 22.4 Å². The Morgan fingerprint density at radius 2 is 1.72 bits per heavy atom. The molecule has 2 N–H and O–H groups in total. The second-order valence-electron chi connectivity index (χ2n) is 9.68. The first-order valence-corrected chi connectivity index (χ1v) is 13.9. The van der Waals surface area contributed by atoms with Crippen LogP contribution in [0.4, 0.5) is 5.82 Å². The molecule has 0 saturated carbocycles. The van der Waals surface area contributed by atoms with Crippen molar-refractivity contribution in [1.29, 1.82) is 0 Å². The number of hydrogen-bond acceptors (Lipinski definition) is 7. The van der Waals surface area contributed by atoms with Crippen LogP contribution < -0.4 is 5.73 Å². The highest BCUT2D eigenvalue weighted by Crippen LogP contribution is 2.44. The van der Waals surface area contributed by atoms with Gasteiger partial charge >= 0.3 is 0 Å². The molecule has 2 aliphatic heterocycles. The Morgan fingerprint density at radius 1 is 1.00 bits per heavy atom. The summed E-state index contributed by atoms with van der Waals surface area (Å²) in [6.45, 7) is 0. The van der Waals surface area contributed by atoms with Crippen LogP contribution in [0.2, 0.25) is 0 Å². The fraction of sp³-hybridized carbons (Fsp3) is 0.308. The van der Waals surface area contributed by atoms with E-state index in [1.165, 1.54) is 4.52 Å². The Bertz CT molecular complexity index is 1550. The first-order chi connectivity index (χ1) is 17.3. The number of hydrogen-bond donors (Lipinski definition) is 1. The molecule has 2 fully saturated rings. The van der Waals surface area contributed by atoms with E-state index >= 15 is 0 Å². The van der Waals surface area contributed by atoms with Gasteiger partial charge in [0.1, 0.15) is 10.7 Å². The van der Waals surface area contributed by atoms with Crippen LogP contribution in [0.25, 0.3) is 28.0 Å². The topological polar surface area (TPSA) is 124 Å². The summed E-state index contributed by atoms with van der Waals surface area (Å²) in [6.07, 6.45) is 8.65. The van der Waals surface area contributed by atoms with Gasteiger partial charge in [0.15, 0.2) is 15.5 Å². The number of amides is 1. The third kappa shape index (κ3) is 3.63. The van der Waals surface area contributed by atoms with Gasteiger partial charge in [0.25, 0.3) is 0 Å². The average Bonchev–Trinajstić information content (AvgIpc) is 3.41. The van der Waals surface area contributed by atoms with Gasteiger partial charge in [-0.1, -0.05) is 36.4 Å². The van der Waals surface area contributed by atoms with E-state index in [-0.39, 0.29) is 28.7 Å².